The Labute approximate surface area is 170 Å². The minimum absolute atomic E-state index is 0.0126. The van der Waals surface area contributed by atoms with Gasteiger partial charge in [0.05, 0.1) is 11.8 Å². The first-order valence-electron chi connectivity index (χ1n) is 10.7. The molecule has 29 heavy (non-hydrogen) atoms. The van der Waals surface area contributed by atoms with E-state index >= 15 is 0 Å². The van der Waals surface area contributed by atoms with Gasteiger partial charge < -0.3 is 9.80 Å². The number of halogens is 1. The van der Waals surface area contributed by atoms with Gasteiger partial charge in [0.15, 0.2) is 0 Å². The molecule has 2 atom stereocenters. The largest absolute Gasteiger partial charge is 0.370 e. The van der Waals surface area contributed by atoms with Gasteiger partial charge in [-0.25, -0.2) is 4.39 Å². The van der Waals surface area contributed by atoms with Crippen molar-refractivity contribution in [3.8, 4) is 0 Å². The first kappa shape index (κ1) is 19.9. The molecule has 3 amide bonds. The number of amides is 3. The third kappa shape index (κ3) is 4.14. The van der Waals surface area contributed by atoms with Gasteiger partial charge in [0.1, 0.15) is 5.82 Å². The molecule has 1 aromatic carbocycles. The van der Waals surface area contributed by atoms with Crippen LogP contribution in [0.25, 0.3) is 0 Å². The van der Waals surface area contributed by atoms with E-state index in [-0.39, 0.29) is 48.3 Å². The Balaban J connectivity index is 1.30. The number of likely N-dealkylation sites (tertiary alicyclic amines) is 1. The second-order valence-corrected chi connectivity index (χ2v) is 8.27. The summed E-state index contributed by atoms with van der Waals surface area (Å²) < 4.78 is 13.1. The highest BCUT2D eigenvalue weighted by Gasteiger charge is 2.47. The fourth-order valence-electron chi connectivity index (χ4n) is 4.89. The lowest BCUT2D eigenvalue weighted by Gasteiger charge is -2.24. The molecule has 156 valence electrons. The zero-order chi connectivity index (χ0) is 20.4. The highest BCUT2D eigenvalue weighted by atomic mass is 19.1. The van der Waals surface area contributed by atoms with E-state index in [2.05, 4.69) is 4.90 Å². The molecule has 0 spiro atoms. The number of fused-ring (bicyclic) bond motifs is 1. The summed E-state index contributed by atoms with van der Waals surface area (Å²) in [5, 5.41) is 0. The van der Waals surface area contributed by atoms with E-state index in [4.69, 9.17) is 0 Å². The Hall–Kier alpha value is -2.44. The predicted molar refractivity (Wildman–Crippen MR) is 107 cm³/mol. The van der Waals surface area contributed by atoms with E-state index in [0.29, 0.717) is 19.6 Å². The Morgan fingerprint density at radius 2 is 1.55 bits per heavy atom. The number of carbonyl (C=O) groups excluding carboxylic acids is 3. The molecule has 1 saturated carbocycles. The third-order valence-electron chi connectivity index (χ3n) is 6.52. The smallest absolute Gasteiger partial charge is 0.233 e. The molecule has 1 aromatic rings. The first-order chi connectivity index (χ1) is 14.0. The van der Waals surface area contributed by atoms with E-state index < -0.39 is 0 Å². The molecule has 3 aliphatic rings. The number of rotatable bonds is 4. The lowest BCUT2D eigenvalue weighted by atomic mass is 9.81. The monoisotopic (exact) mass is 401 g/mol. The molecular formula is C22H28FN3O3. The van der Waals surface area contributed by atoms with Crippen molar-refractivity contribution < 1.29 is 18.8 Å². The number of carbonyl (C=O) groups is 3. The van der Waals surface area contributed by atoms with E-state index in [1.807, 2.05) is 4.90 Å². The number of hydrogen-bond donors (Lipinski definition) is 0. The van der Waals surface area contributed by atoms with E-state index in [0.717, 1.165) is 44.3 Å². The predicted octanol–water partition coefficient (Wildman–Crippen LogP) is 2.43. The van der Waals surface area contributed by atoms with Crippen LogP contribution in [-0.4, -0.2) is 60.2 Å². The molecule has 0 aromatic heterocycles. The van der Waals surface area contributed by atoms with Crippen LogP contribution in [0.1, 0.15) is 38.5 Å². The molecule has 0 bridgehead atoms. The molecular weight excluding hydrogens is 373 g/mol. The van der Waals surface area contributed by atoms with Crippen LogP contribution in [0.3, 0.4) is 0 Å². The van der Waals surface area contributed by atoms with E-state index in [9.17, 15) is 18.8 Å². The third-order valence-corrected chi connectivity index (χ3v) is 6.52. The van der Waals surface area contributed by atoms with Gasteiger partial charge in [0.25, 0.3) is 0 Å². The summed E-state index contributed by atoms with van der Waals surface area (Å²) in [7, 11) is 0. The van der Waals surface area contributed by atoms with Crippen molar-refractivity contribution in [1.29, 1.82) is 0 Å². The summed E-state index contributed by atoms with van der Waals surface area (Å²) in [6, 6.07) is 6.42. The molecule has 2 aliphatic heterocycles. The second-order valence-electron chi connectivity index (χ2n) is 8.27. The van der Waals surface area contributed by atoms with Gasteiger partial charge in [0.2, 0.25) is 17.7 Å². The van der Waals surface area contributed by atoms with Gasteiger partial charge in [-0.2, -0.15) is 0 Å². The molecule has 3 fully saturated rings. The lowest BCUT2D eigenvalue weighted by molar-refractivity contribution is -0.140. The van der Waals surface area contributed by atoms with Crippen molar-refractivity contribution in [3.05, 3.63) is 30.1 Å². The number of hydrogen-bond acceptors (Lipinski definition) is 4. The average molecular weight is 401 g/mol. The lowest BCUT2D eigenvalue weighted by Crippen LogP contribution is -2.39. The van der Waals surface area contributed by atoms with Crippen LogP contribution < -0.4 is 4.90 Å². The summed E-state index contributed by atoms with van der Waals surface area (Å²) in [6.07, 6.45) is 4.62. The Bertz CT molecular complexity index is 758. The number of nitrogens with zero attached hydrogens (tertiary/aromatic N) is 3. The van der Waals surface area contributed by atoms with Crippen LogP contribution in [0.2, 0.25) is 0 Å². The van der Waals surface area contributed by atoms with Crippen LogP contribution in [0.15, 0.2) is 24.3 Å². The molecule has 0 radical (unpaired) electrons. The Kier molecular flexibility index (Phi) is 5.83. The van der Waals surface area contributed by atoms with Gasteiger partial charge in [0, 0.05) is 44.8 Å². The van der Waals surface area contributed by atoms with Crippen LogP contribution in [0.5, 0.6) is 0 Å². The minimum Gasteiger partial charge on any atom is -0.370 e. The van der Waals surface area contributed by atoms with Crippen LogP contribution in [-0.2, 0) is 14.4 Å². The molecule has 0 N–H and O–H groups in total. The standard InChI is InChI=1S/C22H28FN3O3/c23-16-6-8-17(9-7-16)24-11-3-12-25(15-14-24)20(27)10-13-26-21(28)18-4-1-2-5-19(18)22(26)29/h6-9,18-19H,1-5,10-15H2. The quantitative estimate of drug-likeness (QED) is 0.727. The Morgan fingerprint density at radius 3 is 2.21 bits per heavy atom. The van der Waals surface area contributed by atoms with Crippen molar-refractivity contribution in [2.75, 3.05) is 37.6 Å². The molecule has 2 heterocycles. The van der Waals surface area contributed by atoms with Gasteiger partial charge in [-0.1, -0.05) is 12.8 Å². The summed E-state index contributed by atoms with van der Waals surface area (Å²) in [6.45, 7) is 2.93. The summed E-state index contributed by atoms with van der Waals surface area (Å²) >= 11 is 0. The number of imide groups is 1. The summed E-state index contributed by atoms with van der Waals surface area (Å²) in [4.78, 5) is 43.2. The fraction of sp³-hybridized carbons (Fsp3) is 0.591. The fourth-order valence-corrected chi connectivity index (χ4v) is 4.89. The zero-order valence-electron chi connectivity index (χ0n) is 16.7. The van der Waals surface area contributed by atoms with Gasteiger partial charge >= 0.3 is 0 Å². The maximum atomic E-state index is 13.1. The van der Waals surface area contributed by atoms with Crippen molar-refractivity contribution in [3.63, 3.8) is 0 Å². The zero-order valence-corrected chi connectivity index (χ0v) is 16.7. The maximum absolute atomic E-state index is 13.1. The van der Waals surface area contributed by atoms with E-state index in [1.165, 1.54) is 17.0 Å². The summed E-state index contributed by atoms with van der Waals surface area (Å²) in [5.74, 6) is -0.744. The average Bonchev–Trinajstić information content (AvgIpc) is 2.90. The minimum atomic E-state index is -0.258. The normalized spacial score (nSPS) is 25.2. The van der Waals surface area contributed by atoms with Gasteiger partial charge in [-0.05, 0) is 43.5 Å². The highest BCUT2D eigenvalue weighted by molar-refractivity contribution is 6.05. The number of benzene rings is 1. The SMILES string of the molecule is O=C(CCN1C(=O)C2CCCCC2C1=O)N1CCCN(c2ccc(F)cc2)CC1. The molecule has 1 aliphatic carbocycles. The highest BCUT2D eigenvalue weighted by Crippen LogP contribution is 2.38. The van der Waals surface area contributed by atoms with Crippen LogP contribution in [0, 0.1) is 17.7 Å². The van der Waals surface area contributed by atoms with Crippen molar-refractivity contribution in [2.24, 2.45) is 11.8 Å². The number of anilines is 1. The molecule has 7 heteroatoms. The van der Waals surface area contributed by atoms with Crippen LogP contribution >= 0.6 is 0 Å². The van der Waals surface area contributed by atoms with Crippen molar-refractivity contribution >= 4 is 23.4 Å². The first-order valence-corrected chi connectivity index (χ1v) is 10.7. The van der Waals surface area contributed by atoms with Gasteiger partial charge in [-0.3, -0.25) is 19.3 Å². The molecule has 2 unspecified atom stereocenters. The topological polar surface area (TPSA) is 60.9 Å². The molecule has 2 saturated heterocycles. The van der Waals surface area contributed by atoms with Crippen molar-refractivity contribution in [2.45, 2.75) is 38.5 Å². The second kappa shape index (κ2) is 8.51. The van der Waals surface area contributed by atoms with Crippen molar-refractivity contribution in [1.82, 2.24) is 9.80 Å². The summed E-state index contributed by atoms with van der Waals surface area (Å²) in [5.41, 5.74) is 0.955. The maximum Gasteiger partial charge on any atom is 0.233 e. The molecule has 6 nitrogen and oxygen atoms in total. The molecule has 4 rings (SSSR count). The van der Waals surface area contributed by atoms with Gasteiger partial charge in [-0.15, -0.1) is 0 Å². The Morgan fingerprint density at radius 1 is 0.897 bits per heavy atom. The van der Waals surface area contributed by atoms with E-state index in [1.54, 1.807) is 12.1 Å². The van der Waals surface area contributed by atoms with Crippen LogP contribution in [0.4, 0.5) is 10.1 Å².